The molecule has 84 valence electrons. The van der Waals surface area contributed by atoms with Crippen LogP contribution in [0.25, 0.3) is 0 Å². The third-order valence-electron chi connectivity index (χ3n) is 3.32. The lowest BCUT2D eigenvalue weighted by molar-refractivity contribution is -0.116. The van der Waals surface area contributed by atoms with Gasteiger partial charge in [0.1, 0.15) is 17.7 Å². The quantitative estimate of drug-likeness (QED) is 0.626. The number of nitriles is 2. The van der Waals surface area contributed by atoms with Crippen LogP contribution in [-0.2, 0) is 4.79 Å². The highest BCUT2D eigenvalue weighted by Gasteiger charge is 2.49. The third-order valence-corrected chi connectivity index (χ3v) is 6.16. The zero-order chi connectivity index (χ0) is 12.0. The Kier molecular flexibility index (Phi) is 2.54. The van der Waals surface area contributed by atoms with Crippen molar-refractivity contribution < 1.29 is 4.79 Å². The van der Waals surface area contributed by atoms with Crippen LogP contribution in [0.1, 0.15) is 12.8 Å². The molecule has 0 bridgehead atoms. The number of hydrogen-bond donors (Lipinski definition) is 0. The van der Waals surface area contributed by atoms with Crippen LogP contribution in [0.4, 0.5) is 0 Å². The maximum Gasteiger partial charge on any atom is 0.151 e. The van der Waals surface area contributed by atoms with E-state index in [4.69, 9.17) is 10.5 Å². The summed E-state index contributed by atoms with van der Waals surface area (Å²) in [6.45, 7) is 0. The number of nitrogens with zero attached hydrogens (tertiary/aromatic N) is 2. The van der Waals surface area contributed by atoms with E-state index in [1.807, 2.05) is 12.1 Å². The maximum atomic E-state index is 11.9. The molecular weight excluding hydrogens is 252 g/mol. The summed E-state index contributed by atoms with van der Waals surface area (Å²) >= 11 is 3.45. The van der Waals surface area contributed by atoms with Crippen LogP contribution in [0.15, 0.2) is 21.0 Å². The van der Waals surface area contributed by atoms with Crippen LogP contribution in [0.3, 0.4) is 0 Å². The number of carbonyl (C=O) groups is 1. The first-order valence-corrected chi connectivity index (χ1v) is 7.21. The van der Waals surface area contributed by atoms with Gasteiger partial charge in [-0.05, 0) is 16.9 Å². The minimum absolute atomic E-state index is 0.0318. The third kappa shape index (κ3) is 1.46. The Morgan fingerprint density at radius 2 is 2.12 bits per heavy atom. The zero-order valence-corrected chi connectivity index (χ0v) is 10.5. The summed E-state index contributed by atoms with van der Waals surface area (Å²) in [5, 5.41) is 17.9. The van der Waals surface area contributed by atoms with Crippen LogP contribution in [-0.4, -0.2) is 16.8 Å². The Morgan fingerprint density at radius 1 is 1.35 bits per heavy atom. The first-order chi connectivity index (χ1) is 8.26. The molecule has 0 amide bonds. The van der Waals surface area contributed by atoms with Gasteiger partial charge in [-0.2, -0.15) is 10.5 Å². The lowest BCUT2D eigenvalue weighted by atomic mass is 9.97. The van der Waals surface area contributed by atoms with E-state index in [0.717, 1.165) is 17.7 Å². The lowest BCUT2D eigenvalue weighted by Crippen LogP contribution is -2.14. The SMILES string of the molecule is N#CC(C#N)=C1CC(=O)[C@H]2SC3=C(SCC3)C12. The second-order valence-electron chi connectivity index (χ2n) is 4.17. The highest BCUT2D eigenvalue weighted by atomic mass is 32.2. The first-order valence-electron chi connectivity index (χ1n) is 5.34. The lowest BCUT2D eigenvalue weighted by Gasteiger charge is -2.12. The van der Waals surface area contributed by atoms with Crippen molar-refractivity contribution in [1.29, 1.82) is 10.5 Å². The monoisotopic (exact) mass is 260 g/mol. The number of ketones is 1. The Labute approximate surface area is 108 Å². The smallest absolute Gasteiger partial charge is 0.151 e. The maximum absolute atomic E-state index is 11.9. The van der Waals surface area contributed by atoms with Crippen LogP contribution in [0, 0.1) is 28.6 Å². The topological polar surface area (TPSA) is 64.7 Å². The highest BCUT2D eigenvalue weighted by Crippen LogP contribution is 2.59. The predicted molar refractivity (Wildman–Crippen MR) is 66.8 cm³/mol. The molecule has 0 aromatic rings. The van der Waals surface area contributed by atoms with Crippen LogP contribution in [0.2, 0.25) is 0 Å². The van der Waals surface area contributed by atoms with Gasteiger partial charge in [-0.3, -0.25) is 4.79 Å². The molecule has 0 aromatic carbocycles. The van der Waals surface area contributed by atoms with Crippen molar-refractivity contribution in [2.24, 2.45) is 5.92 Å². The van der Waals surface area contributed by atoms with Crippen molar-refractivity contribution in [3.8, 4) is 12.1 Å². The molecule has 3 aliphatic rings. The van der Waals surface area contributed by atoms with Gasteiger partial charge in [0, 0.05) is 23.0 Å². The van der Waals surface area contributed by atoms with Crippen LogP contribution < -0.4 is 0 Å². The van der Waals surface area contributed by atoms with Gasteiger partial charge >= 0.3 is 0 Å². The molecule has 0 saturated heterocycles. The predicted octanol–water partition coefficient (Wildman–Crippen LogP) is 2.38. The molecule has 0 radical (unpaired) electrons. The number of thioether (sulfide) groups is 2. The van der Waals surface area contributed by atoms with Gasteiger partial charge in [0.05, 0.1) is 5.25 Å². The second kappa shape index (κ2) is 3.94. The van der Waals surface area contributed by atoms with Gasteiger partial charge in [0.2, 0.25) is 0 Å². The first kappa shape index (κ1) is 11.0. The number of allylic oxidation sites excluding steroid dienone is 4. The average molecular weight is 260 g/mol. The second-order valence-corrected chi connectivity index (χ2v) is 6.54. The molecule has 1 fully saturated rings. The Bertz CT molecular complexity index is 546. The van der Waals surface area contributed by atoms with E-state index >= 15 is 0 Å². The fourth-order valence-electron chi connectivity index (χ4n) is 2.60. The normalized spacial score (nSPS) is 30.0. The average Bonchev–Trinajstić information content (AvgIpc) is 2.94. The molecule has 1 unspecified atom stereocenters. The molecule has 0 aromatic heterocycles. The molecule has 2 aliphatic heterocycles. The van der Waals surface area contributed by atoms with E-state index < -0.39 is 0 Å². The van der Waals surface area contributed by atoms with E-state index in [0.29, 0.717) is 0 Å². The van der Waals surface area contributed by atoms with E-state index in [2.05, 4.69) is 0 Å². The van der Waals surface area contributed by atoms with Crippen LogP contribution in [0.5, 0.6) is 0 Å². The van der Waals surface area contributed by atoms with E-state index in [1.54, 1.807) is 23.5 Å². The Morgan fingerprint density at radius 3 is 2.82 bits per heavy atom. The van der Waals surface area contributed by atoms with E-state index in [1.165, 1.54) is 9.81 Å². The molecule has 0 N–H and O–H groups in total. The number of Topliss-reactive ketones (excluding diaryl/α,β-unsaturated/α-hetero) is 1. The molecule has 1 saturated carbocycles. The van der Waals surface area contributed by atoms with Gasteiger partial charge in [-0.1, -0.05) is 0 Å². The van der Waals surface area contributed by atoms with Crippen molar-refractivity contribution in [1.82, 2.24) is 0 Å². The molecule has 3 rings (SSSR count). The summed E-state index contributed by atoms with van der Waals surface area (Å²) in [5.74, 6) is 1.27. The Hall–Kier alpha value is -1.17. The number of rotatable bonds is 0. The fraction of sp³-hybridized carbons (Fsp3) is 0.417. The van der Waals surface area contributed by atoms with Crippen molar-refractivity contribution in [3.63, 3.8) is 0 Å². The largest absolute Gasteiger partial charge is 0.298 e. The molecule has 2 heterocycles. The van der Waals surface area contributed by atoms with Gasteiger partial charge in [-0.15, -0.1) is 23.5 Å². The van der Waals surface area contributed by atoms with Gasteiger partial charge in [0.15, 0.2) is 5.78 Å². The molecule has 17 heavy (non-hydrogen) atoms. The minimum atomic E-state index is -0.0560. The summed E-state index contributed by atoms with van der Waals surface area (Å²) in [6, 6.07) is 3.86. The van der Waals surface area contributed by atoms with Gasteiger partial charge in [-0.25, -0.2) is 0 Å². The van der Waals surface area contributed by atoms with Crippen molar-refractivity contribution >= 4 is 29.3 Å². The van der Waals surface area contributed by atoms with E-state index in [-0.39, 0.29) is 28.9 Å². The molecule has 5 heteroatoms. The van der Waals surface area contributed by atoms with Gasteiger partial charge in [0.25, 0.3) is 0 Å². The van der Waals surface area contributed by atoms with Crippen LogP contribution >= 0.6 is 23.5 Å². The summed E-state index contributed by atoms with van der Waals surface area (Å²) in [7, 11) is 0. The number of carbonyl (C=O) groups excluding carboxylic acids is 1. The van der Waals surface area contributed by atoms with E-state index in [9.17, 15) is 4.79 Å². The van der Waals surface area contributed by atoms with Crippen molar-refractivity contribution in [3.05, 3.63) is 21.0 Å². The fourth-order valence-corrected chi connectivity index (χ4v) is 5.80. The molecule has 2 atom stereocenters. The standard InChI is InChI=1S/C12H8N2OS2/c13-4-6(5-14)7-3-8(15)11-10(7)12-9(17-11)1-2-16-12/h10-11H,1-3H2/t10?,11-/m1/s1. The summed E-state index contributed by atoms with van der Waals surface area (Å²) in [4.78, 5) is 14.5. The summed E-state index contributed by atoms with van der Waals surface area (Å²) in [5.41, 5.74) is 0.907. The summed E-state index contributed by atoms with van der Waals surface area (Å²) < 4.78 is 0. The van der Waals surface area contributed by atoms with Gasteiger partial charge < -0.3 is 0 Å². The molecule has 3 nitrogen and oxygen atoms in total. The Balaban J connectivity index is 2.10. The van der Waals surface area contributed by atoms with Crippen molar-refractivity contribution in [2.45, 2.75) is 18.1 Å². The summed E-state index contributed by atoms with van der Waals surface area (Å²) in [6.07, 6.45) is 1.32. The van der Waals surface area contributed by atoms with Crippen molar-refractivity contribution in [2.75, 3.05) is 5.75 Å². The molecule has 1 aliphatic carbocycles. The highest BCUT2D eigenvalue weighted by molar-refractivity contribution is 8.09. The molecular formula is C12H8N2OS2. The number of fused-ring (bicyclic) bond motifs is 2. The molecule has 0 spiro atoms. The number of hydrogen-bond acceptors (Lipinski definition) is 5. The minimum Gasteiger partial charge on any atom is -0.298 e. The zero-order valence-electron chi connectivity index (χ0n) is 8.90.